The zero-order valence-electron chi connectivity index (χ0n) is 12.1. The Hall–Kier alpha value is -0.960. The summed E-state index contributed by atoms with van der Waals surface area (Å²) in [5.74, 6) is -0.189. The van der Waals surface area contributed by atoms with E-state index in [4.69, 9.17) is 9.88 Å². The third kappa shape index (κ3) is 5.06. The smallest absolute Gasteiger partial charge is 0.251 e. The van der Waals surface area contributed by atoms with Crippen molar-refractivity contribution in [1.82, 2.24) is 5.32 Å². The average Bonchev–Trinajstić information content (AvgIpc) is 2.38. The molecule has 0 aliphatic rings. The second-order valence-electron chi connectivity index (χ2n) is 4.89. The minimum Gasteiger partial charge on any atom is -0.384 e. The highest BCUT2D eigenvalue weighted by molar-refractivity contribution is 9.10. The SMILES string of the molecule is COCC(C)CNC(=O)c1cc(S(N)(=O)=O)cc(Br)c1C. The van der Waals surface area contributed by atoms with Crippen LogP contribution in [0.25, 0.3) is 0 Å². The Kier molecular flexibility index (Phi) is 6.33. The van der Waals surface area contributed by atoms with E-state index >= 15 is 0 Å². The number of halogens is 1. The van der Waals surface area contributed by atoms with E-state index in [1.165, 1.54) is 12.1 Å². The summed E-state index contributed by atoms with van der Waals surface area (Å²) in [7, 11) is -2.28. The van der Waals surface area contributed by atoms with Gasteiger partial charge in [0.1, 0.15) is 0 Å². The maximum Gasteiger partial charge on any atom is 0.251 e. The summed E-state index contributed by atoms with van der Waals surface area (Å²) in [6, 6.07) is 2.67. The number of sulfonamides is 1. The maximum absolute atomic E-state index is 12.2. The van der Waals surface area contributed by atoms with Crippen molar-refractivity contribution in [3.05, 3.63) is 27.7 Å². The normalized spacial score (nSPS) is 13.0. The molecule has 1 amide bonds. The lowest BCUT2D eigenvalue weighted by molar-refractivity contribution is 0.0933. The van der Waals surface area contributed by atoms with E-state index in [1.807, 2.05) is 6.92 Å². The molecule has 1 unspecified atom stereocenters. The van der Waals surface area contributed by atoms with Gasteiger partial charge in [-0.1, -0.05) is 22.9 Å². The van der Waals surface area contributed by atoms with Gasteiger partial charge in [0.15, 0.2) is 0 Å². The fourth-order valence-electron chi connectivity index (χ4n) is 1.76. The molecule has 0 heterocycles. The molecule has 1 aromatic carbocycles. The molecule has 0 aliphatic carbocycles. The van der Waals surface area contributed by atoms with Gasteiger partial charge in [-0.05, 0) is 30.5 Å². The zero-order chi connectivity index (χ0) is 16.2. The number of hydrogen-bond donors (Lipinski definition) is 2. The maximum atomic E-state index is 12.2. The summed E-state index contributed by atoms with van der Waals surface area (Å²) in [6.07, 6.45) is 0. The van der Waals surface area contributed by atoms with Crippen LogP contribution in [0.2, 0.25) is 0 Å². The summed E-state index contributed by atoms with van der Waals surface area (Å²) in [5.41, 5.74) is 0.928. The number of nitrogens with two attached hydrogens (primary N) is 1. The van der Waals surface area contributed by atoms with Crippen LogP contribution in [0.5, 0.6) is 0 Å². The predicted octanol–water partition coefficient (Wildman–Crippen LogP) is 1.42. The van der Waals surface area contributed by atoms with Crippen molar-refractivity contribution in [3.8, 4) is 0 Å². The number of benzene rings is 1. The van der Waals surface area contributed by atoms with Crippen molar-refractivity contribution in [2.24, 2.45) is 11.1 Å². The fourth-order valence-corrected chi connectivity index (χ4v) is 2.94. The van der Waals surface area contributed by atoms with Gasteiger partial charge < -0.3 is 10.1 Å². The number of methoxy groups -OCH3 is 1. The Morgan fingerprint density at radius 1 is 1.48 bits per heavy atom. The Labute approximate surface area is 133 Å². The molecule has 0 saturated heterocycles. The van der Waals surface area contributed by atoms with Crippen LogP contribution in [0, 0.1) is 12.8 Å². The van der Waals surface area contributed by atoms with Crippen molar-refractivity contribution < 1.29 is 17.9 Å². The highest BCUT2D eigenvalue weighted by atomic mass is 79.9. The number of amides is 1. The molecule has 8 heteroatoms. The van der Waals surface area contributed by atoms with E-state index in [9.17, 15) is 13.2 Å². The second-order valence-corrected chi connectivity index (χ2v) is 7.31. The first-order valence-corrected chi connectivity index (χ1v) is 8.60. The molecule has 0 fully saturated rings. The van der Waals surface area contributed by atoms with Gasteiger partial charge in [0.2, 0.25) is 10.0 Å². The monoisotopic (exact) mass is 378 g/mol. The third-order valence-corrected chi connectivity index (χ3v) is 4.67. The van der Waals surface area contributed by atoms with Crippen LogP contribution in [0.3, 0.4) is 0 Å². The number of nitrogens with one attached hydrogen (secondary N) is 1. The van der Waals surface area contributed by atoms with Gasteiger partial charge >= 0.3 is 0 Å². The van der Waals surface area contributed by atoms with Crippen molar-refractivity contribution in [1.29, 1.82) is 0 Å². The van der Waals surface area contributed by atoms with Crippen LogP contribution in [0.15, 0.2) is 21.5 Å². The van der Waals surface area contributed by atoms with Crippen LogP contribution in [-0.2, 0) is 14.8 Å². The quantitative estimate of drug-likeness (QED) is 0.781. The molecule has 0 saturated carbocycles. The Morgan fingerprint density at radius 2 is 2.10 bits per heavy atom. The van der Waals surface area contributed by atoms with Gasteiger partial charge in [-0.3, -0.25) is 4.79 Å². The van der Waals surface area contributed by atoms with Crippen LogP contribution in [-0.4, -0.2) is 34.6 Å². The number of carbonyl (C=O) groups excluding carboxylic acids is 1. The molecule has 0 bridgehead atoms. The molecular weight excluding hydrogens is 360 g/mol. The van der Waals surface area contributed by atoms with E-state index in [1.54, 1.807) is 14.0 Å². The van der Waals surface area contributed by atoms with Crippen LogP contribution in [0.4, 0.5) is 0 Å². The van der Waals surface area contributed by atoms with E-state index in [0.717, 1.165) is 0 Å². The number of carbonyl (C=O) groups is 1. The van der Waals surface area contributed by atoms with Gasteiger partial charge in [0.25, 0.3) is 5.91 Å². The summed E-state index contributed by atoms with van der Waals surface area (Å²) in [6.45, 7) is 4.63. The van der Waals surface area contributed by atoms with Gasteiger partial charge in [0, 0.05) is 23.7 Å². The lowest BCUT2D eigenvalue weighted by Crippen LogP contribution is -2.30. The molecule has 0 aromatic heterocycles. The van der Waals surface area contributed by atoms with E-state index < -0.39 is 10.0 Å². The fraction of sp³-hybridized carbons (Fsp3) is 0.462. The molecule has 3 N–H and O–H groups in total. The van der Waals surface area contributed by atoms with E-state index in [0.29, 0.717) is 23.2 Å². The summed E-state index contributed by atoms with van der Waals surface area (Å²) in [5, 5.41) is 7.86. The Morgan fingerprint density at radius 3 is 2.62 bits per heavy atom. The lowest BCUT2D eigenvalue weighted by atomic mass is 10.1. The molecule has 1 atom stereocenters. The number of ether oxygens (including phenoxy) is 1. The number of primary sulfonamides is 1. The van der Waals surface area contributed by atoms with Gasteiger partial charge in [-0.15, -0.1) is 0 Å². The predicted molar refractivity (Wildman–Crippen MR) is 83.6 cm³/mol. The average molecular weight is 379 g/mol. The molecule has 1 aromatic rings. The minimum absolute atomic E-state index is 0.102. The number of rotatable bonds is 6. The Balaban J connectivity index is 3.01. The molecule has 0 spiro atoms. The van der Waals surface area contributed by atoms with E-state index in [-0.39, 0.29) is 22.3 Å². The summed E-state index contributed by atoms with van der Waals surface area (Å²) in [4.78, 5) is 12.1. The van der Waals surface area contributed by atoms with Gasteiger partial charge in [0.05, 0.1) is 11.5 Å². The van der Waals surface area contributed by atoms with Crippen LogP contribution >= 0.6 is 15.9 Å². The zero-order valence-corrected chi connectivity index (χ0v) is 14.5. The first-order valence-electron chi connectivity index (χ1n) is 6.27. The van der Waals surface area contributed by atoms with Gasteiger partial charge in [-0.25, -0.2) is 13.6 Å². The number of hydrogen-bond acceptors (Lipinski definition) is 4. The van der Waals surface area contributed by atoms with Crippen molar-refractivity contribution in [2.45, 2.75) is 18.7 Å². The largest absolute Gasteiger partial charge is 0.384 e. The Bertz CT molecular complexity index is 631. The molecule has 1 rings (SSSR count). The third-order valence-electron chi connectivity index (χ3n) is 2.95. The minimum atomic E-state index is -3.87. The highest BCUT2D eigenvalue weighted by Gasteiger charge is 2.18. The molecule has 118 valence electrons. The summed E-state index contributed by atoms with van der Waals surface area (Å²) >= 11 is 3.24. The van der Waals surface area contributed by atoms with Gasteiger partial charge in [-0.2, -0.15) is 0 Å². The van der Waals surface area contributed by atoms with Crippen molar-refractivity contribution in [3.63, 3.8) is 0 Å². The van der Waals surface area contributed by atoms with Crippen molar-refractivity contribution in [2.75, 3.05) is 20.3 Å². The molecular formula is C13H19BrN2O4S. The standard InChI is InChI=1S/C13H19BrN2O4S/c1-8(7-20-3)6-16-13(17)11-4-10(21(15,18)19)5-12(14)9(11)2/h4-5,8H,6-7H2,1-3H3,(H,16,17)(H2,15,18,19). The first kappa shape index (κ1) is 18.1. The first-order chi connectivity index (χ1) is 9.66. The second kappa shape index (κ2) is 7.35. The molecule has 21 heavy (non-hydrogen) atoms. The highest BCUT2D eigenvalue weighted by Crippen LogP contribution is 2.24. The topological polar surface area (TPSA) is 98.5 Å². The van der Waals surface area contributed by atoms with Crippen LogP contribution < -0.4 is 10.5 Å². The molecule has 0 aliphatic heterocycles. The molecule has 6 nitrogen and oxygen atoms in total. The van der Waals surface area contributed by atoms with E-state index in [2.05, 4.69) is 21.2 Å². The lowest BCUT2D eigenvalue weighted by Gasteiger charge is -2.14. The van der Waals surface area contributed by atoms with Crippen LogP contribution in [0.1, 0.15) is 22.8 Å². The molecule has 0 radical (unpaired) electrons. The summed E-state index contributed by atoms with van der Waals surface area (Å²) < 4.78 is 28.4. The van der Waals surface area contributed by atoms with Crippen molar-refractivity contribution >= 4 is 31.9 Å².